The first-order valence-corrected chi connectivity index (χ1v) is 6.71. The molecule has 1 aromatic carbocycles. The summed E-state index contributed by atoms with van der Waals surface area (Å²) in [6, 6.07) is 8.28. The van der Waals surface area contributed by atoms with Crippen LogP contribution in [-0.2, 0) is 19.5 Å². The Kier molecular flexibility index (Phi) is 3.03. The molecule has 0 N–H and O–H groups in total. The summed E-state index contributed by atoms with van der Waals surface area (Å²) >= 11 is 6.01. The van der Waals surface area contributed by atoms with E-state index in [1.807, 2.05) is 19.3 Å². The lowest BCUT2D eigenvalue weighted by molar-refractivity contribution is 0.701. The van der Waals surface area contributed by atoms with E-state index in [2.05, 4.69) is 39.8 Å². The predicted octanol–water partition coefficient (Wildman–Crippen LogP) is 2.87. The molecule has 0 aliphatic carbocycles. The number of fused-ring (bicyclic) bond motifs is 1. The number of hydrogen-bond donors (Lipinski definition) is 0. The Morgan fingerprint density at radius 3 is 2.79 bits per heavy atom. The van der Waals surface area contributed by atoms with Crippen LogP contribution in [0.5, 0.6) is 0 Å². The number of benzene rings is 1. The summed E-state index contributed by atoms with van der Waals surface area (Å²) in [7, 11) is 1.92. The quantitative estimate of drug-likeness (QED) is 0.689. The lowest BCUT2D eigenvalue weighted by atomic mass is 10.2. The van der Waals surface area contributed by atoms with Crippen molar-refractivity contribution in [1.82, 2.24) is 19.3 Å². The van der Waals surface area contributed by atoms with Gasteiger partial charge in [0.05, 0.1) is 29.2 Å². The number of hydrogen-bond acceptors (Lipinski definition) is 2. The smallest absolute Gasteiger partial charge is 0.125 e. The van der Waals surface area contributed by atoms with Crippen molar-refractivity contribution < 1.29 is 0 Å². The maximum Gasteiger partial charge on any atom is 0.125 e. The number of nitrogens with zero attached hydrogens (tertiary/aromatic N) is 4. The third-order valence-corrected chi connectivity index (χ3v) is 3.43. The van der Waals surface area contributed by atoms with Gasteiger partial charge >= 0.3 is 0 Å². The minimum absolute atomic E-state index is 0.403. The highest BCUT2D eigenvalue weighted by molar-refractivity contribution is 6.16. The first kappa shape index (κ1) is 12.2. The fourth-order valence-electron chi connectivity index (χ4n) is 2.28. The van der Waals surface area contributed by atoms with E-state index in [0.29, 0.717) is 12.4 Å². The summed E-state index contributed by atoms with van der Waals surface area (Å²) in [6.45, 7) is 2.76. The Bertz CT molecular complexity index is 726. The van der Waals surface area contributed by atoms with Crippen molar-refractivity contribution >= 4 is 22.6 Å². The summed E-state index contributed by atoms with van der Waals surface area (Å²) in [5, 5.41) is 4.41. The second-order valence-electron chi connectivity index (χ2n) is 4.72. The van der Waals surface area contributed by atoms with Gasteiger partial charge in [0.2, 0.25) is 0 Å². The number of aromatic nitrogens is 4. The lowest BCUT2D eigenvalue weighted by Gasteiger charge is -2.05. The minimum atomic E-state index is 0.403. The van der Waals surface area contributed by atoms with Crippen molar-refractivity contribution in [2.45, 2.75) is 19.3 Å². The third kappa shape index (κ3) is 2.24. The summed E-state index contributed by atoms with van der Waals surface area (Å²) in [5.41, 5.74) is 4.31. The Labute approximate surface area is 116 Å². The van der Waals surface area contributed by atoms with E-state index in [0.717, 1.165) is 22.6 Å². The van der Waals surface area contributed by atoms with Gasteiger partial charge in [-0.05, 0) is 30.7 Å². The van der Waals surface area contributed by atoms with Gasteiger partial charge < -0.3 is 4.57 Å². The molecule has 0 unspecified atom stereocenters. The van der Waals surface area contributed by atoms with Crippen molar-refractivity contribution in [1.29, 1.82) is 0 Å². The van der Waals surface area contributed by atoms with E-state index in [4.69, 9.17) is 11.6 Å². The highest BCUT2D eigenvalue weighted by Gasteiger charge is 2.11. The first-order valence-electron chi connectivity index (χ1n) is 6.17. The molecule has 0 saturated carbocycles. The molecule has 3 aromatic rings. The molecule has 0 radical (unpaired) electrons. The molecule has 0 bridgehead atoms. The highest BCUT2D eigenvalue weighted by Crippen LogP contribution is 2.20. The van der Waals surface area contributed by atoms with Crippen molar-refractivity contribution in [3.63, 3.8) is 0 Å². The van der Waals surface area contributed by atoms with Crippen LogP contribution < -0.4 is 0 Å². The summed E-state index contributed by atoms with van der Waals surface area (Å²) in [6.07, 6.45) is 1.94. The molecular weight excluding hydrogens is 260 g/mol. The van der Waals surface area contributed by atoms with Gasteiger partial charge in [-0.3, -0.25) is 4.68 Å². The molecule has 0 saturated heterocycles. The van der Waals surface area contributed by atoms with Gasteiger partial charge in [0, 0.05) is 13.2 Å². The van der Waals surface area contributed by atoms with Crippen LogP contribution in [0.15, 0.2) is 30.5 Å². The van der Waals surface area contributed by atoms with Crippen LogP contribution in [-0.4, -0.2) is 19.3 Å². The normalized spacial score (nSPS) is 11.3. The van der Waals surface area contributed by atoms with E-state index in [9.17, 15) is 0 Å². The summed E-state index contributed by atoms with van der Waals surface area (Å²) in [4.78, 5) is 4.59. The van der Waals surface area contributed by atoms with Gasteiger partial charge in [-0.15, -0.1) is 11.6 Å². The fourth-order valence-corrected chi connectivity index (χ4v) is 2.48. The van der Waals surface area contributed by atoms with Crippen LogP contribution in [0.4, 0.5) is 0 Å². The van der Waals surface area contributed by atoms with Crippen LogP contribution in [0, 0.1) is 6.92 Å². The number of imidazole rings is 1. The molecule has 3 rings (SSSR count). The van der Waals surface area contributed by atoms with Crippen molar-refractivity contribution in [3.8, 4) is 0 Å². The van der Waals surface area contributed by atoms with Crippen LogP contribution in [0.2, 0.25) is 0 Å². The van der Waals surface area contributed by atoms with E-state index < -0.39 is 0 Å². The van der Waals surface area contributed by atoms with Crippen LogP contribution >= 0.6 is 11.6 Å². The first-order chi connectivity index (χ1) is 9.17. The van der Waals surface area contributed by atoms with Crippen LogP contribution in [0.25, 0.3) is 11.0 Å². The number of rotatable bonds is 3. The van der Waals surface area contributed by atoms with Gasteiger partial charge in [0.25, 0.3) is 0 Å². The monoisotopic (exact) mass is 274 g/mol. The molecule has 2 heterocycles. The second kappa shape index (κ2) is 4.70. The van der Waals surface area contributed by atoms with E-state index in [1.165, 1.54) is 5.56 Å². The Morgan fingerprint density at radius 1 is 1.26 bits per heavy atom. The molecule has 5 heteroatoms. The zero-order valence-electron chi connectivity index (χ0n) is 11.0. The molecule has 0 amide bonds. The standard InChI is InChI=1S/C14H15ClN4/c1-10-3-4-13-12(7-10)16-14(8-15)19(13)9-11-5-6-18(2)17-11/h3-7H,8-9H2,1-2H3. The third-order valence-electron chi connectivity index (χ3n) is 3.19. The van der Waals surface area contributed by atoms with Gasteiger partial charge in [-0.1, -0.05) is 6.07 Å². The number of aryl methyl sites for hydroxylation is 2. The van der Waals surface area contributed by atoms with Crippen molar-refractivity contribution in [2.24, 2.45) is 7.05 Å². The zero-order chi connectivity index (χ0) is 13.4. The Balaban J connectivity index is 2.10. The van der Waals surface area contributed by atoms with Gasteiger partial charge in [-0.2, -0.15) is 5.10 Å². The van der Waals surface area contributed by atoms with E-state index >= 15 is 0 Å². The molecular formula is C14H15ClN4. The largest absolute Gasteiger partial charge is 0.321 e. The molecule has 0 atom stereocenters. The number of halogens is 1. The average Bonchev–Trinajstić information content (AvgIpc) is 2.94. The number of alkyl halides is 1. The molecule has 0 fully saturated rings. The summed E-state index contributed by atoms with van der Waals surface area (Å²) in [5.74, 6) is 1.29. The molecule has 98 valence electrons. The van der Waals surface area contributed by atoms with Crippen molar-refractivity contribution in [3.05, 3.63) is 47.5 Å². The van der Waals surface area contributed by atoms with Crippen LogP contribution in [0.3, 0.4) is 0 Å². The topological polar surface area (TPSA) is 35.6 Å². The SMILES string of the molecule is Cc1ccc2c(c1)nc(CCl)n2Cc1ccn(C)n1. The van der Waals surface area contributed by atoms with E-state index in [1.54, 1.807) is 4.68 Å². The maximum atomic E-state index is 6.01. The fraction of sp³-hybridized carbons (Fsp3) is 0.286. The molecule has 19 heavy (non-hydrogen) atoms. The highest BCUT2D eigenvalue weighted by atomic mass is 35.5. The molecule has 2 aromatic heterocycles. The Hall–Kier alpha value is -1.81. The summed E-state index contributed by atoms with van der Waals surface area (Å²) < 4.78 is 3.93. The van der Waals surface area contributed by atoms with Gasteiger partial charge in [0.15, 0.2) is 0 Å². The van der Waals surface area contributed by atoms with Crippen LogP contribution in [0.1, 0.15) is 17.1 Å². The maximum absolute atomic E-state index is 6.01. The molecule has 4 nitrogen and oxygen atoms in total. The molecule has 0 spiro atoms. The van der Waals surface area contributed by atoms with Gasteiger partial charge in [0.1, 0.15) is 5.82 Å². The average molecular weight is 275 g/mol. The predicted molar refractivity (Wildman–Crippen MR) is 76.3 cm³/mol. The van der Waals surface area contributed by atoms with Gasteiger partial charge in [-0.25, -0.2) is 4.98 Å². The Morgan fingerprint density at radius 2 is 2.11 bits per heavy atom. The second-order valence-corrected chi connectivity index (χ2v) is 4.99. The van der Waals surface area contributed by atoms with Crippen molar-refractivity contribution in [2.75, 3.05) is 0 Å². The molecule has 0 aliphatic rings. The lowest BCUT2D eigenvalue weighted by Crippen LogP contribution is -2.05. The zero-order valence-corrected chi connectivity index (χ0v) is 11.7. The minimum Gasteiger partial charge on any atom is -0.321 e. The molecule has 0 aliphatic heterocycles. The van der Waals surface area contributed by atoms with E-state index in [-0.39, 0.29) is 0 Å².